The number of nitrogens with zero attached hydrogens (tertiary/aromatic N) is 1. The fraction of sp³-hybridized carbons (Fsp3) is 0.333. The second-order valence-electron chi connectivity index (χ2n) is 3.11. The van der Waals surface area contributed by atoms with Crippen molar-refractivity contribution in [3.8, 4) is 0 Å². The van der Waals surface area contributed by atoms with E-state index in [1.54, 1.807) is 0 Å². The minimum absolute atomic E-state index is 0.0159. The van der Waals surface area contributed by atoms with E-state index in [1.165, 1.54) is 6.07 Å². The smallest absolute Gasteiger partial charge is 0.295 e. The lowest BCUT2D eigenvalue weighted by atomic mass is 10.2. The van der Waals surface area contributed by atoms with Crippen LogP contribution in [-0.4, -0.2) is 28.6 Å². The van der Waals surface area contributed by atoms with Crippen LogP contribution in [0.15, 0.2) is 18.2 Å². The molecule has 1 unspecified atom stereocenters. The van der Waals surface area contributed by atoms with E-state index in [2.05, 4.69) is 5.32 Å². The molecule has 0 saturated carbocycles. The van der Waals surface area contributed by atoms with Crippen molar-refractivity contribution in [3.63, 3.8) is 0 Å². The van der Waals surface area contributed by atoms with Gasteiger partial charge in [-0.05, 0) is 12.1 Å². The normalized spacial score (nSPS) is 12.2. The molecule has 7 heteroatoms. The summed E-state index contributed by atoms with van der Waals surface area (Å²) in [4.78, 5) is 9.90. The third-order valence-electron chi connectivity index (χ3n) is 1.86. The number of alkyl halides is 1. The molecule has 0 aliphatic rings. The quantitative estimate of drug-likeness (QED) is 0.473. The largest absolute Gasteiger partial charge is 0.390 e. The maximum Gasteiger partial charge on any atom is 0.295 e. The molecule has 0 saturated heterocycles. The minimum atomic E-state index is -0.814. The highest BCUT2D eigenvalue weighted by atomic mass is 35.5. The SMILES string of the molecule is O=[N+]([O-])c1cc(F)ccc1NCC(O)CCl. The zero-order valence-corrected chi connectivity index (χ0v) is 8.95. The number of hydrogen-bond acceptors (Lipinski definition) is 4. The summed E-state index contributed by atoms with van der Waals surface area (Å²) in [5.41, 5.74) is -0.225. The summed E-state index contributed by atoms with van der Waals surface area (Å²) >= 11 is 5.36. The van der Waals surface area contributed by atoms with Crippen molar-refractivity contribution in [2.75, 3.05) is 17.7 Å². The molecule has 0 aromatic heterocycles. The fourth-order valence-corrected chi connectivity index (χ4v) is 1.20. The Balaban J connectivity index is 2.82. The van der Waals surface area contributed by atoms with Crippen LogP contribution in [0.2, 0.25) is 0 Å². The molecule has 1 rings (SSSR count). The van der Waals surface area contributed by atoms with Gasteiger partial charge in [0.05, 0.1) is 23.0 Å². The highest BCUT2D eigenvalue weighted by Crippen LogP contribution is 2.24. The summed E-state index contributed by atoms with van der Waals surface area (Å²) in [6, 6.07) is 3.16. The number of nitro groups is 1. The molecular formula is C9H10ClFN2O3. The van der Waals surface area contributed by atoms with Crippen molar-refractivity contribution in [3.05, 3.63) is 34.1 Å². The van der Waals surface area contributed by atoms with Crippen LogP contribution in [-0.2, 0) is 0 Å². The van der Waals surface area contributed by atoms with Crippen molar-refractivity contribution in [2.24, 2.45) is 0 Å². The van der Waals surface area contributed by atoms with E-state index in [4.69, 9.17) is 16.7 Å². The van der Waals surface area contributed by atoms with Crippen molar-refractivity contribution in [1.29, 1.82) is 0 Å². The lowest BCUT2D eigenvalue weighted by Gasteiger charge is -2.10. The summed E-state index contributed by atoms with van der Waals surface area (Å²) in [6.45, 7) is 0.0654. The molecule has 1 aromatic carbocycles. The maximum atomic E-state index is 12.8. The number of anilines is 1. The Labute approximate surface area is 96.0 Å². The summed E-state index contributed by atoms with van der Waals surface area (Å²) < 4.78 is 12.8. The second kappa shape index (κ2) is 5.62. The van der Waals surface area contributed by atoms with Gasteiger partial charge in [0.2, 0.25) is 0 Å². The van der Waals surface area contributed by atoms with Gasteiger partial charge in [-0.15, -0.1) is 11.6 Å². The van der Waals surface area contributed by atoms with Crippen LogP contribution in [0, 0.1) is 15.9 Å². The molecule has 0 heterocycles. The first kappa shape index (κ1) is 12.7. The number of nitrogens with one attached hydrogen (secondary N) is 1. The van der Waals surface area contributed by atoms with Gasteiger partial charge in [-0.1, -0.05) is 0 Å². The number of nitro benzene ring substituents is 1. The Morgan fingerprint density at radius 2 is 2.31 bits per heavy atom. The Hall–Kier alpha value is -1.40. The van der Waals surface area contributed by atoms with Crippen LogP contribution in [0.4, 0.5) is 15.8 Å². The molecule has 0 aliphatic carbocycles. The zero-order chi connectivity index (χ0) is 12.1. The van der Waals surface area contributed by atoms with E-state index in [-0.39, 0.29) is 23.8 Å². The Morgan fingerprint density at radius 1 is 1.62 bits per heavy atom. The Bertz CT molecular complexity index is 389. The van der Waals surface area contributed by atoms with E-state index >= 15 is 0 Å². The van der Waals surface area contributed by atoms with E-state index in [1.807, 2.05) is 0 Å². The van der Waals surface area contributed by atoms with Crippen LogP contribution in [0.3, 0.4) is 0 Å². The summed E-state index contributed by atoms with van der Waals surface area (Å²) in [5.74, 6) is -0.669. The first-order chi connectivity index (χ1) is 7.54. The third kappa shape index (κ3) is 3.32. The van der Waals surface area contributed by atoms with Gasteiger partial charge in [0.15, 0.2) is 0 Å². The van der Waals surface area contributed by atoms with Crippen molar-refractivity contribution >= 4 is 23.0 Å². The number of aliphatic hydroxyl groups excluding tert-OH is 1. The molecule has 0 spiro atoms. The van der Waals surface area contributed by atoms with E-state index in [9.17, 15) is 14.5 Å². The highest BCUT2D eigenvalue weighted by Gasteiger charge is 2.15. The molecule has 0 bridgehead atoms. The maximum absolute atomic E-state index is 12.8. The Kier molecular flexibility index (Phi) is 4.45. The van der Waals surface area contributed by atoms with Crippen molar-refractivity contribution in [2.45, 2.75) is 6.10 Å². The molecule has 0 aliphatic heterocycles. The van der Waals surface area contributed by atoms with Crippen LogP contribution in [0.5, 0.6) is 0 Å². The summed E-state index contributed by atoms with van der Waals surface area (Å²) in [6.07, 6.45) is -0.814. The van der Waals surface area contributed by atoms with Crippen molar-refractivity contribution < 1.29 is 14.4 Å². The third-order valence-corrected chi connectivity index (χ3v) is 2.22. The molecule has 0 fully saturated rings. The van der Waals surface area contributed by atoms with Gasteiger partial charge >= 0.3 is 0 Å². The van der Waals surface area contributed by atoms with E-state index in [0.717, 1.165) is 12.1 Å². The number of rotatable bonds is 5. The minimum Gasteiger partial charge on any atom is -0.390 e. The van der Waals surface area contributed by atoms with Gasteiger partial charge < -0.3 is 10.4 Å². The molecule has 2 N–H and O–H groups in total. The average Bonchev–Trinajstić information content (AvgIpc) is 2.26. The summed E-state index contributed by atoms with van der Waals surface area (Å²) in [7, 11) is 0. The van der Waals surface area contributed by atoms with Gasteiger partial charge in [-0.25, -0.2) is 4.39 Å². The van der Waals surface area contributed by atoms with E-state index < -0.39 is 16.8 Å². The lowest BCUT2D eigenvalue weighted by molar-refractivity contribution is -0.384. The van der Waals surface area contributed by atoms with Crippen LogP contribution < -0.4 is 5.32 Å². The molecule has 1 atom stereocenters. The van der Waals surface area contributed by atoms with Gasteiger partial charge in [-0.2, -0.15) is 0 Å². The summed E-state index contributed by atoms with van der Waals surface area (Å²) in [5, 5.41) is 22.4. The highest BCUT2D eigenvalue weighted by molar-refractivity contribution is 6.18. The van der Waals surface area contributed by atoms with Gasteiger partial charge in [-0.3, -0.25) is 10.1 Å². The number of halogens is 2. The Morgan fingerprint density at radius 3 is 2.88 bits per heavy atom. The molecule has 5 nitrogen and oxygen atoms in total. The van der Waals surface area contributed by atoms with Gasteiger partial charge in [0, 0.05) is 6.54 Å². The predicted octanol–water partition coefficient (Wildman–Crippen LogP) is 1.75. The fourth-order valence-electron chi connectivity index (χ4n) is 1.09. The monoisotopic (exact) mass is 248 g/mol. The second-order valence-corrected chi connectivity index (χ2v) is 3.42. The standard InChI is InChI=1S/C9H10ClFN2O3/c10-4-7(14)5-12-8-2-1-6(11)3-9(8)13(15)16/h1-3,7,12,14H,4-5H2. The molecular weight excluding hydrogens is 239 g/mol. The molecule has 88 valence electrons. The number of hydrogen-bond donors (Lipinski definition) is 2. The molecule has 0 radical (unpaired) electrons. The first-order valence-electron chi connectivity index (χ1n) is 4.46. The predicted molar refractivity (Wildman–Crippen MR) is 58.3 cm³/mol. The zero-order valence-electron chi connectivity index (χ0n) is 8.19. The number of benzene rings is 1. The number of aliphatic hydroxyl groups is 1. The van der Waals surface area contributed by atoms with Gasteiger partial charge in [0.25, 0.3) is 5.69 Å². The lowest BCUT2D eigenvalue weighted by Crippen LogP contribution is -2.21. The topological polar surface area (TPSA) is 75.4 Å². The van der Waals surface area contributed by atoms with E-state index in [0.29, 0.717) is 0 Å². The van der Waals surface area contributed by atoms with Gasteiger partial charge in [0.1, 0.15) is 11.5 Å². The van der Waals surface area contributed by atoms with Crippen LogP contribution in [0.1, 0.15) is 0 Å². The van der Waals surface area contributed by atoms with Crippen molar-refractivity contribution in [1.82, 2.24) is 0 Å². The molecule has 1 aromatic rings. The van der Waals surface area contributed by atoms with Crippen LogP contribution >= 0.6 is 11.6 Å². The first-order valence-corrected chi connectivity index (χ1v) is 5.00. The average molecular weight is 249 g/mol. The molecule has 16 heavy (non-hydrogen) atoms. The molecule has 0 amide bonds. The van der Waals surface area contributed by atoms with Crippen LogP contribution in [0.25, 0.3) is 0 Å².